The van der Waals surface area contributed by atoms with Gasteiger partial charge in [-0.25, -0.2) is 4.98 Å². The molecule has 1 amide bonds. The first-order valence-electron chi connectivity index (χ1n) is 12.4. The number of amides is 1. The van der Waals surface area contributed by atoms with E-state index in [1.165, 1.54) is 0 Å². The molecule has 2 atom stereocenters. The summed E-state index contributed by atoms with van der Waals surface area (Å²) >= 11 is 0. The molecule has 1 saturated carbocycles. The summed E-state index contributed by atoms with van der Waals surface area (Å²) in [5.41, 5.74) is 8.43. The molecule has 4 aromatic rings. The zero-order valence-corrected chi connectivity index (χ0v) is 21.5. The summed E-state index contributed by atoms with van der Waals surface area (Å²) < 4.78 is 18.5. The van der Waals surface area contributed by atoms with Crippen LogP contribution in [0, 0.1) is 0 Å². The molecule has 5 rings (SSSR count). The number of ether oxygens (including phenoxy) is 1. The van der Waals surface area contributed by atoms with Crippen molar-refractivity contribution in [1.29, 1.82) is 0 Å². The van der Waals surface area contributed by atoms with E-state index < -0.39 is 16.8 Å². The molecular formula is C29H30N4O3S. The second-order valence-corrected chi connectivity index (χ2v) is 10.7. The number of pyridine rings is 1. The van der Waals surface area contributed by atoms with Crippen molar-refractivity contribution in [3.05, 3.63) is 90.1 Å². The van der Waals surface area contributed by atoms with Crippen LogP contribution in [0.4, 0.5) is 11.5 Å². The van der Waals surface area contributed by atoms with Crippen molar-refractivity contribution >= 4 is 39.0 Å². The Morgan fingerprint density at radius 3 is 2.76 bits per heavy atom. The van der Waals surface area contributed by atoms with Gasteiger partial charge in [-0.1, -0.05) is 30.3 Å². The van der Waals surface area contributed by atoms with Crippen LogP contribution in [0.3, 0.4) is 0 Å². The van der Waals surface area contributed by atoms with Gasteiger partial charge in [-0.15, -0.1) is 0 Å². The number of rotatable bonds is 10. The third-order valence-electron chi connectivity index (χ3n) is 6.34. The van der Waals surface area contributed by atoms with Crippen molar-refractivity contribution in [2.75, 3.05) is 17.7 Å². The van der Waals surface area contributed by atoms with Crippen LogP contribution in [-0.2, 0) is 22.1 Å². The highest BCUT2D eigenvalue weighted by Gasteiger charge is 2.30. The van der Waals surface area contributed by atoms with E-state index >= 15 is 0 Å². The monoisotopic (exact) mass is 514 g/mol. The molecule has 1 heterocycles. The fourth-order valence-corrected chi connectivity index (χ4v) is 5.84. The van der Waals surface area contributed by atoms with E-state index in [1.54, 1.807) is 6.20 Å². The first kappa shape index (κ1) is 24.8. The molecule has 190 valence electrons. The zero-order chi connectivity index (χ0) is 25.8. The Hall–Kier alpha value is -3.91. The minimum Gasteiger partial charge on any atom is -0.494 e. The predicted molar refractivity (Wildman–Crippen MR) is 148 cm³/mol. The number of nitrogens with one attached hydrogen (secondary N) is 2. The smallest absolute Gasteiger partial charge is 0.247 e. The molecule has 0 aliphatic heterocycles. The normalized spacial score (nSPS) is 14.6. The van der Waals surface area contributed by atoms with Gasteiger partial charge in [0.25, 0.3) is 0 Å². The summed E-state index contributed by atoms with van der Waals surface area (Å²) in [6, 6.07) is 22.1. The van der Waals surface area contributed by atoms with Crippen LogP contribution in [0.2, 0.25) is 0 Å². The lowest BCUT2D eigenvalue weighted by Gasteiger charge is -2.21. The van der Waals surface area contributed by atoms with Gasteiger partial charge in [-0.2, -0.15) is 0 Å². The topological polar surface area (TPSA) is 106 Å². The van der Waals surface area contributed by atoms with Crippen molar-refractivity contribution in [3.8, 4) is 5.75 Å². The number of hydrogen-bond acceptors (Lipinski definition) is 6. The number of nitrogen functional groups attached to an aromatic ring is 1. The standard InChI is InChI=1S/C29H30N4O3S/c1-2-36-23-8-5-7-20(17-23)27(33-22-10-13-25-19(16-22)14-15-31-28(25)30)29(34)32-18-21-6-3-4-9-26(21)37(35)24-11-12-24/h3-10,13-17,24,27,33H,2,11-12,18H2,1H3,(H2,30,31)(H,32,34). The average Bonchev–Trinajstić information content (AvgIpc) is 3.76. The van der Waals surface area contributed by atoms with Crippen LogP contribution in [0.15, 0.2) is 83.9 Å². The van der Waals surface area contributed by atoms with E-state index in [0.29, 0.717) is 18.2 Å². The molecule has 7 nitrogen and oxygen atoms in total. The zero-order valence-electron chi connectivity index (χ0n) is 20.6. The fourth-order valence-electron chi connectivity index (χ4n) is 4.30. The molecule has 1 fully saturated rings. The van der Waals surface area contributed by atoms with Gasteiger partial charge >= 0.3 is 0 Å². The largest absolute Gasteiger partial charge is 0.494 e. The van der Waals surface area contributed by atoms with Crippen molar-refractivity contribution in [3.63, 3.8) is 0 Å². The Morgan fingerprint density at radius 2 is 1.95 bits per heavy atom. The highest BCUT2D eigenvalue weighted by Crippen LogP contribution is 2.32. The number of fused-ring (bicyclic) bond motifs is 1. The number of anilines is 2. The number of aromatic nitrogens is 1. The minimum absolute atomic E-state index is 0.199. The maximum Gasteiger partial charge on any atom is 0.247 e. The number of carbonyl (C=O) groups is 1. The van der Waals surface area contributed by atoms with E-state index in [9.17, 15) is 9.00 Å². The Morgan fingerprint density at radius 1 is 1.11 bits per heavy atom. The fraction of sp³-hybridized carbons (Fsp3) is 0.241. The summed E-state index contributed by atoms with van der Waals surface area (Å²) in [6.45, 7) is 2.74. The molecule has 37 heavy (non-hydrogen) atoms. The molecule has 0 bridgehead atoms. The van der Waals surface area contributed by atoms with Gasteiger partial charge in [0.15, 0.2) is 0 Å². The Kier molecular flexibility index (Phi) is 7.37. The molecule has 4 N–H and O–H groups in total. The molecule has 1 aromatic heterocycles. The summed E-state index contributed by atoms with van der Waals surface area (Å²) in [6.07, 6.45) is 3.64. The molecule has 0 radical (unpaired) electrons. The average molecular weight is 515 g/mol. The van der Waals surface area contributed by atoms with E-state index in [1.807, 2.05) is 79.7 Å². The molecule has 8 heteroatoms. The number of hydrogen-bond donors (Lipinski definition) is 3. The van der Waals surface area contributed by atoms with Crippen molar-refractivity contribution in [1.82, 2.24) is 10.3 Å². The number of nitrogens with zero attached hydrogens (tertiary/aromatic N) is 1. The third kappa shape index (κ3) is 5.75. The Labute approximate surface area is 218 Å². The van der Waals surface area contributed by atoms with Gasteiger partial charge in [-0.3, -0.25) is 9.00 Å². The maximum absolute atomic E-state index is 13.6. The second-order valence-electron chi connectivity index (χ2n) is 9.04. The maximum atomic E-state index is 13.6. The summed E-state index contributed by atoms with van der Waals surface area (Å²) in [5, 5.41) is 8.46. The molecule has 2 unspecified atom stereocenters. The molecule has 1 aliphatic rings. The van der Waals surface area contributed by atoms with E-state index in [2.05, 4.69) is 15.6 Å². The number of carbonyl (C=O) groups excluding carboxylic acids is 1. The van der Waals surface area contributed by atoms with E-state index in [4.69, 9.17) is 10.5 Å². The highest BCUT2D eigenvalue weighted by molar-refractivity contribution is 7.86. The summed E-state index contributed by atoms with van der Waals surface area (Å²) in [4.78, 5) is 18.6. The van der Waals surface area contributed by atoms with E-state index in [-0.39, 0.29) is 17.7 Å². The van der Waals surface area contributed by atoms with Crippen molar-refractivity contribution in [2.24, 2.45) is 0 Å². The molecular weight excluding hydrogens is 484 g/mol. The molecule has 0 spiro atoms. The lowest BCUT2D eigenvalue weighted by atomic mass is 10.0. The van der Waals surface area contributed by atoms with Gasteiger partial charge in [0.1, 0.15) is 17.6 Å². The van der Waals surface area contributed by atoms with Crippen LogP contribution >= 0.6 is 0 Å². The number of nitrogens with two attached hydrogens (primary N) is 1. The summed E-state index contributed by atoms with van der Waals surface area (Å²) in [7, 11) is -1.05. The second kappa shape index (κ2) is 11.0. The van der Waals surface area contributed by atoms with Gasteiger partial charge in [0.05, 0.1) is 17.4 Å². The van der Waals surface area contributed by atoms with Gasteiger partial charge in [0, 0.05) is 34.0 Å². The summed E-state index contributed by atoms with van der Waals surface area (Å²) in [5.74, 6) is 0.960. The third-order valence-corrected chi connectivity index (χ3v) is 8.25. The molecule has 1 aliphatic carbocycles. The van der Waals surface area contributed by atoms with Crippen LogP contribution < -0.4 is 21.1 Å². The highest BCUT2D eigenvalue weighted by atomic mass is 32.2. The van der Waals surface area contributed by atoms with Gasteiger partial charge < -0.3 is 21.1 Å². The van der Waals surface area contributed by atoms with E-state index in [0.717, 1.165) is 45.3 Å². The quantitative estimate of drug-likeness (QED) is 0.276. The minimum atomic E-state index is -1.05. The van der Waals surface area contributed by atoms with Crippen molar-refractivity contribution in [2.45, 2.75) is 42.5 Å². The lowest BCUT2D eigenvalue weighted by Crippen LogP contribution is -2.33. The van der Waals surface area contributed by atoms with Crippen LogP contribution in [0.1, 0.15) is 36.9 Å². The van der Waals surface area contributed by atoms with Crippen LogP contribution in [-0.4, -0.2) is 27.0 Å². The Bertz CT molecular complexity index is 1450. The SMILES string of the molecule is CCOc1cccc(C(Nc2ccc3c(N)nccc3c2)C(=O)NCc2ccccc2S(=O)C2CC2)c1. The van der Waals surface area contributed by atoms with Gasteiger partial charge in [0.2, 0.25) is 5.91 Å². The first-order chi connectivity index (χ1) is 18.0. The Balaban J connectivity index is 1.41. The van der Waals surface area contributed by atoms with Crippen LogP contribution in [0.25, 0.3) is 10.8 Å². The van der Waals surface area contributed by atoms with Gasteiger partial charge in [-0.05, 0) is 78.7 Å². The van der Waals surface area contributed by atoms with Crippen LogP contribution in [0.5, 0.6) is 5.75 Å². The lowest BCUT2D eigenvalue weighted by molar-refractivity contribution is -0.122. The van der Waals surface area contributed by atoms with Crippen molar-refractivity contribution < 1.29 is 13.7 Å². The predicted octanol–water partition coefficient (Wildman–Crippen LogP) is 4.96. The molecule has 3 aromatic carbocycles. The number of benzene rings is 3. The molecule has 0 saturated heterocycles. The first-order valence-corrected chi connectivity index (χ1v) is 13.6.